The van der Waals surface area contributed by atoms with Crippen LogP contribution in [0.25, 0.3) is 10.8 Å². The number of hydrogen-bond donors (Lipinski definition) is 0. The molecule has 2 aromatic rings. The van der Waals surface area contributed by atoms with Crippen molar-refractivity contribution < 1.29 is 14.3 Å². The van der Waals surface area contributed by atoms with Crippen molar-refractivity contribution in [3.8, 4) is 11.5 Å². The average Bonchev–Trinajstić information content (AvgIpc) is 2.38. The quantitative estimate of drug-likeness (QED) is 0.478. The summed E-state index contributed by atoms with van der Waals surface area (Å²) in [4.78, 5) is 11.6. The van der Waals surface area contributed by atoms with Gasteiger partial charge in [-0.1, -0.05) is 24.3 Å². The van der Waals surface area contributed by atoms with Crippen molar-refractivity contribution in [2.24, 2.45) is 0 Å². The second kappa shape index (κ2) is 5.14. The molecule has 0 bridgehead atoms. The van der Waals surface area contributed by atoms with E-state index >= 15 is 0 Å². The van der Waals surface area contributed by atoms with Crippen LogP contribution in [0.2, 0.25) is 0 Å². The van der Waals surface area contributed by atoms with Crippen molar-refractivity contribution in [3.63, 3.8) is 0 Å². The molecule has 0 saturated carbocycles. The highest BCUT2D eigenvalue weighted by atomic mass is 16.5. The molecule has 0 N–H and O–H groups in total. The van der Waals surface area contributed by atoms with Gasteiger partial charge in [-0.3, -0.25) is 0 Å². The van der Waals surface area contributed by atoms with E-state index in [-0.39, 0.29) is 0 Å². The van der Waals surface area contributed by atoms with E-state index in [9.17, 15) is 4.79 Å². The molecule has 0 radical (unpaired) electrons. The lowest BCUT2D eigenvalue weighted by Crippen LogP contribution is -2.08. The summed E-state index contributed by atoms with van der Waals surface area (Å²) in [6, 6.07) is 9.43. The molecule has 3 heteroatoms. The van der Waals surface area contributed by atoms with Gasteiger partial charge in [0.05, 0.1) is 7.11 Å². The Morgan fingerprint density at radius 2 is 1.79 bits per heavy atom. The van der Waals surface area contributed by atoms with Crippen molar-refractivity contribution in [2.45, 2.75) is 13.8 Å². The standard InChI is InChI=1S/C16H16O3/c1-10(2)16(17)19-15-8-7-14(18-4)13-9-11(3)5-6-12(13)15/h5-9H,1H2,2-4H3. The summed E-state index contributed by atoms with van der Waals surface area (Å²) in [5.41, 5.74) is 1.49. The number of methoxy groups -OCH3 is 1. The highest BCUT2D eigenvalue weighted by molar-refractivity contribution is 5.97. The van der Waals surface area contributed by atoms with Gasteiger partial charge in [-0.15, -0.1) is 0 Å². The lowest BCUT2D eigenvalue weighted by molar-refractivity contribution is -0.129. The van der Waals surface area contributed by atoms with E-state index in [0.29, 0.717) is 11.3 Å². The van der Waals surface area contributed by atoms with E-state index < -0.39 is 5.97 Å². The normalized spacial score (nSPS) is 10.3. The van der Waals surface area contributed by atoms with Crippen molar-refractivity contribution in [3.05, 3.63) is 48.0 Å². The number of fused-ring (bicyclic) bond motifs is 1. The van der Waals surface area contributed by atoms with Gasteiger partial charge in [0.2, 0.25) is 0 Å². The highest BCUT2D eigenvalue weighted by Crippen LogP contribution is 2.34. The molecule has 0 aliphatic carbocycles. The van der Waals surface area contributed by atoms with Gasteiger partial charge in [0, 0.05) is 16.3 Å². The third-order valence-electron chi connectivity index (χ3n) is 2.86. The fraction of sp³-hybridized carbons (Fsp3) is 0.188. The van der Waals surface area contributed by atoms with E-state index in [0.717, 1.165) is 22.1 Å². The summed E-state index contributed by atoms with van der Waals surface area (Å²) in [7, 11) is 1.62. The number of rotatable bonds is 3. The van der Waals surface area contributed by atoms with Gasteiger partial charge in [0.25, 0.3) is 0 Å². The summed E-state index contributed by atoms with van der Waals surface area (Å²) in [5.74, 6) is 0.852. The van der Waals surface area contributed by atoms with Gasteiger partial charge in [0.15, 0.2) is 0 Å². The van der Waals surface area contributed by atoms with Gasteiger partial charge >= 0.3 is 5.97 Å². The maximum absolute atomic E-state index is 11.6. The number of aryl methyl sites for hydroxylation is 1. The third kappa shape index (κ3) is 2.60. The SMILES string of the molecule is C=C(C)C(=O)Oc1ccc(OC)c2cc(C)ccc12. The Bertz CT molecular complexity index is 656. The molecule has 0 heterocycles. The van der Waals surface area contributed by atoms with Crippen molar-refractivity contribution in [1.82, 2.24) is 0 Å². The number of benzene rings is 2. The minimum atomic E-state index is -0.424. The molecule has 2 aromatic carbocycles. The van der Waals surface area contributed by atoms with Crippen LogP contribution in [0.15, 0.2) is 42.5 Å². The van der Waals surface area contributed by atoms with E-state index in [1.807, 2.05) is 25.1 Å². The zero-order valence-electron chi connectivity index (χ0n) is 11.3. The molecule has 0 atom stereocenters. The monoisotopic (exact) mass is 256 g/mol. The van der Waals surface area contributed by atoms with Gasteiger partial charge in [-0.25, -0.2) is 4.79 Å². The Kier molecular flexibility index (Phi) is 3.56. The Morgan fingerprint density at radius 1 is 1.11 bits per heavy atom. The topological polar surface area (TPSA) is 35.5 Å². The Labute approximate surface area is 112 Å². The number of ether oxygens (including phenoxy) is 2. The van der Waals surface area contributed by atoms with Crippen LogP contribution in [0.4, 0.5) is 0 Å². The smallest absolute Gasteiger partial charge is 0.338 e. The highest BCUT2D eigenvalue weighted by Gasteiger charge is 2.11. The van der Waals surface area contributed by atoms with Gasteiger partial charge in [-0.05, 0) is 32.0 Å². The molecule has 0 amide bonds. The van der Waals surface area contributed by atoms with Crippen LogP contribution in [-0.4, -0.2) is 13.1 Å². The minimum absolute atomic E-state index is 0.371. The Morgan fingerprint density at radius 3 is 2.42 bits per heavy atom. The number of hydrogen-bond acceptors (Lipinski definition) is 3. The van der Waals surface area contributed by atoms with Crippen LogP contribution < -0.4 is 9.47 Å². The molecule has 3 nitrogen and oxygen atoms in total. The second-order valence-corrected chi connectivity index (χ2v) is 4.48. The summed E-state index contributed by atoms with van der Waals surface area (Å²) in [6.07, 6.45) is 0. The van der Waals surface area contributed by atoms with Crippen LogP contribution in [0.3, 0.4) is 0 Å². The molecule has 0 fully saturated rings. The van der Waals surface area contributed by atoms with E-state index in [1.165, 1.54) is 0 Å². The van der Waals surface area contributed by atoms with Gasteiger partial charge in [-0.2, -0.15) is 0 Å². The molecule has 0 aliphatic rings. The van der Waals surface area contributed by atoms with E-state index in [4.69, 9.17) is 9.47 Å². The van der Waals surface area contributed by atoms with Crippen molar-refractivity contribution in [2.75, 3.05) is 7.11 Å². The van der Waals surface area contributed by atoms with Gasteiger partial charge < -0.3 is 9.47 Å². The zero-order valence-corrected chi connectivity index (χ0v) is 11.3. The molecule has 19 heavy (non-hydrogen) atoms. The summed E-state index contributed by atoms with van der Waals surface area (Å²) >= 11 is 0. The molecule has 0 saturated heterocycles. The first-order valence-corrected chi connectivity index (χ1v) is 5.98. The third-order valence-corrected chi connectivity index (χ3v) is 2.86. The number of esters is 1. The molecular weight excluding hydrogens is 240 g/mol. The van der Waals surface area contributed by atoms with Crippen LogP contribution in [0.5, 0.6) is 11.5 Å². The molecule has 0 spiro atoms. The van der Waals surface area contributed by atoms with Gasteiger partial charge in [0.1, 0.15) is 11.5 Å². The van der Waals surface area contributed by atoms with Crippen molar-refractivity contribution in [1.29, 1.82) is 0 Å². The largest absolute Gasteiger partial charge is 0.496 e. The fourth-order valence-corrected chi connectivity index (χ4v) is 1.86. The second-order valence-electron chi connectivity index (χ2n) is 4.48. The molecule has 0 aliphatic heterocycles. The minimum Gasteiger partial charge on any atom is -0.496 e. The average molecular weight is 256 g/mol. The zero-order chi connectivity index (χ0) is 14.0. The first-order chi connectivity index (χ1) is 9.02. The lowest BCUT2D eigenvalue weighted by Gasteiger charge is -2.11. The predicted octanol–water partition coefficient (Wildman–Crippen LogP) is 3.64. The lowest BCUT2D eigenvalue weighted by atomic mass is 10.1. The molecule has 0 aromatic heterocycles. The Balaban J connectivity index is 2.57. The maximum Gasteiger partial charge on any atom is 0.338 e. The first-order valence-electron chi connectivity index (χ1n) is 5.98. The predicted molar refractivity (Wildman–Crippen MR) is 75.7 cm³/mol. The summed E-state index contributed by atoms with van der Waals surface area (Å²) in [5, 5.41) is 1.77. The number of carbonyl (C=O) groups excluding carboxylic acids is 1. The van der Waals surface area contributed by atoms with Crippen LogP contribution in [0.1, 0.15) is 12.5 Å². The van der Waals surface area contributed by atoms with E-state index in [1.54, 1.807) is 26.2 Å². The number of carbonyl (C=O) groups is 1. The van der Waals surface area contributed by atoms with Crippen LogP contribution >= 0.6 is 0 Å². The van der Waals surface area contributed by atoms with Crippen LogP contribution in [-0.2, 0) is 4.79 Å². The van der Waals surface area contributed by atoms with E-state index in [2.05, 4.69) is 6.58 Å². The molecular formula is C16H16O3. The molecule has 98 valence electrons. The first kappa shape index (κ1) is 13.1. The Hall–Kier alpha value is -2.29. The molecule has 2 rings (SSSR count). The summed E-state index contributed by atoms with van der Waals surface area (Å²) < 4.78 is 10.7. The van der Waals surface area contributed by atoms with Crippen molar-refractivity contribution >= 4 is 16.7 Å². The summed E-state index contributed by atoms with van der Waals surface area (Å²) in [6.45, 7) is 7.21. The maximum atomic E-state index is 11.6. The fourth-order valence-electron chi connectivity index (χ4n) is 1.86. The van der Waals surface area contributed by atoms with Crippen LogP contribution in [0, 0.1) is 6.92 Å². The molecule has 0 unspecified atom stereocenters.